The number of sulfonamides is 1. The van der Waals surface area contributed by atoms with Crippen LogP contribution in [0.5, 0.6) is 5.75 Å². The minimum Gasteiger partial charge on any atom is -0.497 e. The number of hydrogen-bond acceptors (Lipinski definition) is 4. The summed E-state index contributed by atoms with van der Waals surface area (Å²) >= 11 is 0. The molecule has 0 spiro atoms. The minimum atomic E-state index is -3.40. The van der Waals surface area contributed by atoms with E-state index in [0.717, 1.165) is 12.8 Å². The standard InChI is InChI=1S/C18H28N2O4S/c1-24-17-12-10-16(11-13-17)20(25(2,22)23)14-6-9-18(21)19-15-7-4-3-5-8-15/h10-13,15H,3-9,14H2,1-2H3,(H,19,21). The zero-order valence-corrected chi connectivity index (χ0v) is 15.8. The van der Waals surface area contributed by atoms with Crippen LogP contribution in [0.25, 0.3) is 0 Å². The first-order valence-electron chi connectivity index (χ1n) is 8.81. The molecule has 25 heavy (non-hydrogen) atoms. The number of carbonyl (C=O) groups is 1. The van der Waals surface area contributed by atoms with E-state index in [1.165, 1.54) is 29.8 Å². The monoisotopic (exact) mass is 368 g/mol. The van der Waals surface area contributed by atoms with Gasteiger partial charge in [0.2, 0.25) is 15.9 Å². The Morgan fingerprint density at radius 3 is 2.40 bits per heavy atom. The Balaban J connectivity index is 1.88. The molecule has 140 valence electrons. The second-order valence-electron chi connectivity index (χ2n) is 6.54. The van der Waals surface area contributed by atoms with E-state index in [9.17, 15) is 13.2 Å². The van der Waals surface area contributed by atoms with E-state index in [0.29, 0.717) is 24.3 Å². The Morgan fingerprint density at radius 2 is 1.84 bits per heavy atom. The van der Waals surface area contributed by atoms with E-state index in [2.05, 4.69) is 5.32 Å². The molecule has 1 aromatic carbocycles. The van der Waals surface area contributed by atoms with Gasteiger partial charge in [0, 0.05) is 19.0 Å². The fourth-order valence-electron chi connectivity index (χ4n) is 3.16. The fourth-order valence-corrected chi connectivity index (χ4v) is 4.13. The molecule has 0 saturated heterocycles. The molecule has 1 aliphatic carbocycles. The SMILES string of the molecule is COc1ccc(N(CCCC(=O)NC2CCCCC2)S(C)(=O)=O)cc1. The highest BCUT2D eigenvalue weighted by molar-refractivity contribution is 7.92. The number of ether oxygens (including phenoxy) is 1. The van der Waals surface area contributed by atoms with Crippen LogP contribution in [0.4, 0.5) is 5.69 Å². The maximum atomic E-state index is 12.1. The van der Waals surface area contributed by atoms with Gasteiger partial charge in [-0.1, -0.05) is 19.3 Å². The fraction of sp³-hybridized carbons (Fsp3) is 0.611. The highest BCUT2D eigenvalue weighted by atomic mass is 32.2. The van der Waals surface area contributed by atoms with Crippen LogP contribution in [-0.2, 0) is 14.8 Å². The van der Waals surface area contributed by atoms with Gasteiger partial charge in [0.25, 0.3) is 0 Å². The van der Waals surface area contributed by atoms with Gasteiger partial charge in [0.1, 0.15) is 5.75 Å². The zero-order chi connectivity index (χ0) is 18.3. The van der Waals surface area contributed by atoms with Gasteiger partial charge in [-0.05, 0) is 43.5 Å². The predicted octanol–water partition coefficient (Wildman–Crippen LogP) is 2.69. The van der Waals surface area contributed by atoms with Gasteiger partial charge in [0.15, 0.2) is 0 Å². The van der Waals surface area contributed by atoms with Crippen molar-refractivity contribution in [2.45, 2.75) is 51.0 Å². The number of rotatable bonds is 8. The van der Waals surface area contributed by atoms with Crippen molar-refractivity contribution in [3.05, 3.63) is 24.3 Å². The topological polar surface area (TPSA) is 75.7 Å². The Kier molecular flexibility index (Phi) is 7.11. The molecule has 0 radical (unpaired) electrons. The number of methoxy groups -OCH3 is 1. The molecule has 1 aliphatic rings. The van der Waals surface area contributed by atoms with Crippen molar-refractivity contribution in [2.75, 3.05) is 24.2 Å². The number of amides is 1. The highest BCUT2D eigenvalue weighted by Crippen LogP contribution is 2.22. The summed E-state index contributed by atoms with van der Waals surface area (Å²) in [6.07, 6.45) is 7.68. The van der Waals surface area contributed by atoms with Gasteiger partial charge in [-0.15, -0.1) is 0 Å². The third-order valence-corrected chi connectivity index (χ3v) is 5.69. The van der Waals surface area contributed by atoms with E-state index < -0.39 is 10.0 Å². The van der Waals surface area contributed by atoms with Gasteiger partial charge in [-0.25, -0.2) is 8.42 Å². The summed E-state index contributed by atoms with van der Waals surface area (Å²) in [6, 6.07) is 7.16. The Labute approximate surface area is 150 Å². The molecule has 0 unspecified atom stereocenters. The molecular weight excluding hydrogens is 340 g/mol. The highest BCUT2D eigenvalue weighted by Gasteiger charge is 2.19. The molecule has 0 atom stereocenters. The first-order valence-corrected chi connectivity index (χ1v) is 10.7. The number of benzene rings is 1. The Hall–Kier alpha value is -1.76. The van der Waals surface area contributed by atoms with E-state index >= 15 is 0 Å². The van der Waals surface area contributed by atoms with Gasteiger partial charge in [-0.3, -0.25) is 9.10 Å². The molecule has 0 bridgehead atoms. The van der Waals surface area contributed by atoms with Gasteiger partial charge in [0.05, 0.1) is 19.1 Å². The van der Waals surface area contributed by atoms with Crippen LogP contribution in [0.2, 0.25) is 0 Å². The molecule has 1 aromatic rings. The largest absolute Gasteiger partial charge is 0.497 e. The van der Waals surface area contributed by atoms with Crippen molar-refractivity contribution >= 4 is 21.6 Å². The summed E-state index contributed by atoms with van der Waals surface area (Å²) in [6.45, 7) is 0.281. The van der Waals surface area contributed by atoms with Crippen molar-refractivity contribution < 1.29 is 17.9 Å². The first-order chi connectivity index (χ1) is 11.9. The smallest absolute Gasteiger partial charge is 0.232 e. The second-order valence-corrected chi connectivity index (χ2v) is 8.45. The number of anilines is 1. The van der Waals surface area contributed by atoms with Gasteiger partial charge >= 0.3 is 0 Å². The van der Waals surface area contributed by atoms with Crippen molar-refractivity contribution in [1.29, 1.82) is 0 Å². The van der Waals surface area contributed by atoms with Crippen LogP contribution in [0, 0.1) is 0 Å². The lowest BCUT2D eigenvalue weighted by Gasteiger charge is -2.24. The average Bonchev–Trinajstić information content (AvgIpc) is 2.59. The number of nitrogens with zero attached hydrogens (tertiary/aromatic N) is 1. The summed E-state index contributed by atoms with van der Waals surface area (Å²) in [7, 11) is -1.84. The molecule has 1 saturated carbocycles. The van der Waals surface area contributed by atoms with Crippen LogP contribution in [0.3, 0.4) is 0 Å². The zero-order valence-electron chi connectivity index (χ0n) is 15.0. The Morgan fingerprint density at radius 1 is 1.20 bits per heavy atom. The maximum absolute atomic E-state index is 12.1. The van der Waals surface area contributed by atoms with E-state index in [4.69, 9.17) is 4.74 Å². The van der Waals surface area contributed by atoms with Gasteiger partial charge < -0.3 is 10.1 Å². The van der Waals surface area contributed by atoms with E-state index in [1.54, 1.807) is 31.4 Å². The van der Waals surface area contributed by atoms with Crippen LogP contribution in [0.15, 0.2) is 24.3 Å². The molecule has 1 N–H and O–H groups in total. The molecule has 6 nitrogen and oxygen atoms in total. The molecule has 0 aliphatic heterocycles. The van der Waals surface area contributed by atoms with Crippen molar-refractivity contribution in [3.63, 3.8) is 0 Å². The quantitative estimate of drug-likeness (QED) is 0.765. The lowest BCUT2D eigenvalue weighted by atomic mass is 9.95. The van der Waals surface area contributed by atoms with E-state index in [-0.39, 0.29) is 18.5 Å². The molecule has 0 aromatic heterocycles. The van der Waals surface area contributed by atoms with Crippen LogP contribution >= 0.6 is 0 Å². The normalized spacial score (nSPS) is 15.6. The van der Waals surface area contributed by atoms with Crippen LogP contribution in [-0.4, -0.2) is 40.3 Å². The molecule has 2 rings (SSSR count). The number of carbonyl (C=O) groups excluding carboxylic acids is 1. The summed E-state index contributed by atoms with van der Waals surface area (Å²) < 4.78 is 30.6. The predicted molar refractivity (Wildman–Crippen MR) is 99.4 cm³/mol. The Bertz CT molecular complexity index is 652. The third-order valence-electron chi connectivity index (χ3n) is 4.50. The average molecular weight is 368 g/mol. The summed E-state index contributed by atoms with van der Waals surface area (Å²) in [4.78, 5) is 12.1. The molecule has 1 fully saturated rings. The summed E-state index contributed by atoms with van der Waals surface area (Å²) in [5.41, 5.74) is 0.580. The summed E-state index contributed by atoms with van der Waals surface area (Å²) in [5.74, 6) is 0.680. The maximum Gasteiger partial charge on any atom is 0.232 e. The lowest BCUT2D eigenvalue weighted by Crippen LogP contribution is -2.37. The molecule has 7 heteroatoms. The van der Waals surface area contributed by atoms with Crippen molar-refractivity contribution in [1.82, 2.24) is 5.32 Å². The van der Waals surface area contributed by atoms with Crippen molar-refractivity contribution in [3.8, 4) is 5.75 Å². The number of hydrogen-bond donors (Lipinski definition) is 1. The molecule has 1 amide bonds. The molecular formula is C18H28N2O4S. The molecule has 0 heterocycles. The van der Waals surface area contributed by atoms with Crippen molar-refractivity contribution in [2.24, 2.45) is 0 Å². The second kappa shape index (κ2) is 9.08. The van der Waals surface area contributed by atoms with Crippen LogP contribution < -0.4 is 14.4 Å². The van der Waals surface area contributed by atoms with Gasteiger partial charge in [-0.2, -0.15) is 0 Å². The minimum absolute atomic E-state index is 0.00934. The summed E-state index contributed by atoms with van der Waals surface area (Å²) in [5, 5.41) is 3.06. The lowest BCUT2D eigenvalue weighted by molar-refractivity contribution is -0.122. The first kappa shape index (κ1) is 19.6. The van der Waals surface area contributed by atoms with E-state index in [1.807, 2.05) is 0 Å². The third kappa shape index (κ3) is 6.23. The van der Waals surface area contributed by atoms with Crippen LogP contribution in [0.1, 0.15) is 44.9 Å². The number of nitrogens with one attached hydrogen (secondary N) is 1.